The largest absolute Gasteiger partial charge is 0.352 e. The summed E-state index contributed by atoms with van der Waals surface area (Å²) in [4.78, 5) is 16.6. The van der Waals surface area contributed by atoms with Crippen LogP contribution in [0, 0.1) is 6.92 Å². The van der Waals surface area contributed by atoms with Crippen LogP contribution in [0.1, 0.15) is 23.2 Å². The molecule has 0 unspecified atom stereocenters. The van der Waals surface area contributed by atoms with Gasteiger partial charge in [0, 0.05) is 31.9 Å². The van der Waals surface area contributed by atoms with Gasteiger partial charge in [-0.05, 0) is 49.4 Å². The fraction of sp³-hybridized carbons (Fsp3) is 0.421. The number of anilines is 2. The molecule has 130 valence electrons. The van der Waals surface area contributed by atoms with Gasteiger partial charge in [-0.15, -0.1) is 5.10 Å². The van der Waals surface area contributed by atoms with E-state index in [1.54, 1.807) is 0 Å². The second kappa shape index (κ2) is 6.70. The van der Waals surface area contributed by atoms with Gasteiger partial charge in [0.15, 0.2) is 5.82 Å². The number of aryl methyl sites for hydroxylation is 3. The van der Waals surface area contributed by atoms with Crippen molar-refractivity contribution in [2.75, 3.05) is 36.4 Å². The van der Waals surface area contributed by atoms with Crippen LogP contribution in [-0.2, 0) is 12.8 Å². The molecule has 1 aromatic heterocycles. The Bertz CT molecular complexity index is 783. The molecule has 1 aromatic carbocycles. The maximum atomic E-state index is 12.5. The Hall–Kier alpha value is -2.63. The number of hydrogen-bond acceptors (Lipinski definition) is 4. The summed E-state index contributed by atoms with van der Waals surface area (Å²) >= 11 is 0. The van der Waals surface area contributed by atoms with Gasteiger partial charge in [-0.25, -0.2) is 4.79 Å². The molecule has 2 aromatic rings. The first kappa shape index (κ1) is 15.9. The normalized spacial score (nSPS) is 16.7. The van der Waals surface area contributed by atoms with E-state index in [1.165, 1.54) is 12.0 Å². The number of nitrogens with one attached hydrogen (secondary N) is 1. The Kier molecular flexibility index (Phi) is 4.26. The Balaban J connectivity index is 1.36. The molecule has 4 rings (SSSR count). The summed E-state index contributed by atoms with van der Waals surface area (Å²) in [5, 5.41) is 11.8. The summed E-state index contributed by atoms with van der Waals surface area (Å²) in [7, 11) is 0. The number of benzene rings is 1. The SMILES string of the molecule is Cc1ccccc1NC(=O)N1CCN(c2cc3c(nn2)CCC3)CC1. The number of piperazine rings is 1. The van der Waals surface area contributed by atoms with Crippen molar-refractivity contribution in [2.45, 2.75) is 26.2 Å². The third-order valence-corrected chi connectivity index (χ3v) is 5.08. The highest BCUT2D eigenvalue weighted by Crippen LogP contribution is 2.23. The number of para-hydroxylation sites is 1. The van der Waals surface area contributed by atoms with Crippen LogP contribution in [0.3, 0.4) is 0 Å². The number of urea groups is 1. The molecule has 0 bridgehead atoms. The van der Waals surface area contributed by atoms with E-state index in [4.69, 9.17) is 0 Å². The van der Waals surface area contributed by atoms with Gasteiger partial charge < -0.3 is 15.1 Å². The third-order valence-electron chi connectivity index (χ3n) is 5.08. The molecule has 6 nitrogen and oxygen atoms in total. The van der Waals surface area contributed by atoms with Gasteiger partial charge in [0.1, 0.15) is 0 Å². The molecule has 25 heavy (non-hydrogen) atoms. The van der Waals surface area contributed by atoms with Crippen molar-refractivity contribution in [1.82, 2.24) is 15.1 Å². The number of nitrogens with zero attached hydrogens (tertiary/aromatic N) is 4. The maximum Gasteiger partial charge on any atom is 0.321 e. The van der Waals surface area contributed by atoms with E-state index in [0.29, 0.717) is 13.1 Å². The van der Waals surface area contributed by atoms with E-state index in [2.05, 4.69) is 26.5 Å². The molecule has 0 saturated carbocycles. The van der Waals surface area contributed by atoms with Crippen LogP contribution in [-0.4, -0.2) is 47.3 Å². The molecular formula is C19H23N5O. The number of hydrogen-bond donors (Lipinski definition) is 1. The molecule has 2 heterocycles. The average molecular weight is 337 g/mol. The second-order valence-electron chi connectivity index (χ2n) is 6.75. The lowest BCUT2D eigenvalue weighted by molar-refractivity contribution is 0.208. The Labute approximate surface area is 147 Å². The molecule has 2 amide bonds. The van der Waals surface area contributed by atoms with Gasteiger partial charge in [0.05, 0.1) is 5.69 Å². The van der Waals surface area contributed by atoms with Crippen molar-refractivity contribution in [2.24, 2.45) is 0 Å². The van der Waals surface area contributed by atoms with Crippen molar-refractivity contribution < 1.29 is 4.79 Å². The lowest BCUT2D eigenvalue weighted by atomic mass is 10.2. The van der Waals surface area contributed by atoms with Crippen molar-refractivity contribution in [1.29, 1.82) is 0 Å². The van der Waals surface area contributed by atoms with Gasteiger partial charge in [-0.1, -0.05) is 18.2 Å². The second-order valence-corrected chi connectivity index (χ2v) is 6.75. The molecular weight excluding hydrogens is 314 g/mol. The van der Waals surface area contributed by atoms with Crippen molar-refractivity contribution in [3.63, 3.8) is 0 Å². The van der Waals surface area contributed by atoms with E-state index in [-0.39, 0.29) is 6.03 Å². The summed E-state index contributed by atoms with van der Waals surface area (Å²) in [5.41, 5.74) is 4.44. The van der Waals surface area contributed by atoms with E-state index >= 15 is 0 Å². The summed E-state index contributed by atoms with van der Waals surface area (Å²) in [6.07, 6.45) is 3.34. The summed E-state index contributed by atoms with van der Waals surface area (Å²) < 4.78 is 0. The van der Waals surface area contributed by atoms with Gasteiger partial charge in [0.25, 0.3) is 0 Å². The molecule has 1 fully saturated rings. The molecule has 1 N–H and O–H groups in total. The minimum Gasteiger partial charge on any atom is -0.352 e. The molecule has 0 atom stereocenters. The molecule has 0 radical (unpaired) electrons. The lowest BCUT2D eigenvalue weighted by Gasteiger charge is -2.35. The monoisotopic (exact) mass is 337 g/mol. The van der Waals surface area contributed by atoms with E-state index in [1.807, 2.05) is 36.1 Å². The van der Waals surface area contributed by atoms with Crippen LogP contribution in [0.2, 0.25) is 0 Å². The fourth-order valence-corrected chi connectivity index (χ4v) is 3.52. The number of rotatable bonds is 2. The van der Waals surface area contributed by atoms with Gasteiger partial charge in [0.2, 0.25) is 0 Å². The molecule has 0 spiro atoms. The highest BCUT2D eigenvalue weighted by molar-refractivity contribution is 5.90. The molecule has 6 heteroatoms. The predicted molar refractivity (Wildman–Crippen MR) is 98.0 cm³/mol. The van der Waals surface area contributed by atoms with Crippen LogP contribution in [0.25, 0.3) is 0 Å². The molecule has 2 aliphatic rings. The smallest absolute Gasteiger partial charge is 0.321 e. The summed E-state index contributed by atoms with van der Waals surface area (Å²) in [5.74, 6) is 0.944. The predicted octanol–water partition coefficient (Wildman–Crippen LogP) is 2.63. The summed E-state index contributed by atoms with van der Waals surface area (Å²) in [6.45, 7) is 4.95. The first-order valence-corrected chi connectivity index (χ1v) is 8.93. The minimum atomic E-state index is -0.0333. The highest BCUT2D eigenvalue weighted by atomic mass is 16.2. The Morgan fingerprint density at radius 3 is 2.68 bits per heavy atom. The standard InChI is InChI=1S/C19H23N5O/c1-14-5-2-3-7-16(14)20-19(25)24-11-9-23(10-12-24)18-13-15-6-4-8-17(15)21-22-18/h2-3,5,7,13H,4,6,8-12H2,1H3,(H,20,25). The van der Waals surface area contributed by atoms with Crippen LogP contribution in [0.4, 0.5) is 16.3 Å². The topological polar surface area (TPSA) is 61.4 Å². The minimum absolute atomic E-state index is 0.0333. The third kappa shape index (κ3) is 3.29. The lowest BCUT2D eigenvalue weighted by Crippen LogP contribution is -2.50. The number of amides is 2. The quantitative estimate of drug-likeness (QED) is 0.915. The van der Waals surface area contributed by atoms with E-state index in [0.717, 1.165) is 48.7 Å². The van der Waals surface area contributed by atoms with Crippen LogP contribution in [0.5, 0.6) is 0 Å². The zero-order chi connectivity index (χ0) is 17.2. The average Bonchev–Trinajstić information content (AvgIpc) is 3.11. The molecule has 1 aliphatic carbocycles. The Morgan fingerprint density at radius 1 is 1.08 bits per heavy atom. The molecule has 1 saturated heterocycles. The number of carbonyl (C=O) groups excluding carboxylic acids is 1. The van der Waals surface area contributed by atoms with Gasteiger partial charge >= 0.3 is 6.03 Å². The number of carbonyl (C=O) groups is 1. The zero-order valence-corrected chi connectivity index (χ0v) is 14.5. The van der Waals surface area contributed by atoms with Crippen molar-refractivity contribution in [3.05, 3.63) is 47.2 Å². The zero-order valence-electron chi connectivity index (χ0n) is 14.5. The Morgan fingerprint density at radius 2 is 1.88 bits per heavy atom. The summed E-state index contributed by atoms with van der Waals surface area (Å²) in [6, 6.07) is 9.99. The van der Waals surface area contributed by atoms with Crippen LogP contribution < -0.4 is 10.2 Å². The van der Waals surface area contributed by atoms with Crippen molar-refractivity contribution >= 4 is 17.5 Å². The van der Waals surface area contributed by atoms with Crippen LogP contribution in [0.15, 0.2) is 30.3 Å². The first-order valence-electron chi connectivity index (χ1n) is 8.93. The highest BCUT2D eigenvalue weighted by Gasteiger charge is 2.23. The van der Waals surface area contributed by atoms with Crippen LogP contribution >= 0.6 is 0 Å². The van der Waals surface area contributed by atoms with Crippen molar-refractivity contribution in [3.8, 4) is 0 Å². The van der Waals surface area contributed by atoms with Gasteiger partial charge in [-0.2, -0.15) is 5.10 Å². The van der Waals surface area contributed by atoms with E-state index in [9.17, 15) is 4.79 Å². The fourth-order valence-electron chi connectivity index (χ4n) is 3.52. The molecule has 1 aliphatic heterocycles. The number of aromatic nitrogens is 2. The number of fused-ring (bicyclic) bond motifs is 1. The van der Waals surface area contributed by atoms with Gasteiger partial charge in [-0.3, -0.25) is 0 Å². The van der Waals surface area contributed by atoms with E-state index < -0.39 is 0 Å². The maximum absolute atomic E-state index is 12.5. The first-order chi connectivity index (χ1) is 12.2.